The van der Waals surface area contributed by atoms with Gasteiger partial charge in [0.25, 0.3) is 0 Å². The molecule has 3 nitrogen and oxygen atoms in total. The summed E-state index contributed by atoms with van der Waals surface area (Å²) in [5.41, 5.74) is 0. The second-order valence-corrected chi connectivity index (χ2v) is 3.52. The van der Waals surface area contributed by atoms with Crippen LogP contribution in [-0.4, -0.2) is 25.0 Å². The zero-order valence-electron chi connectivity index (χ0n) is 7.59. The highest BCUT2D eigenvalue weighted by molar-refractivity contribution is 5.85. The lowest BCUT2D eigenvalue weighted by Gasteiger charge is -2.28. The third-order valence-electron chi connectivity index (χ3n) is 1.74. The molecule has 1 heterocycles. The highest BCUT2D eigenvalue weighted by Crippen LogP contribution is 1.99. The van der Waals surface area contributed by atoms with Crippen molar-refractivity contribution in [3.8, 4) is 0 Å². The second-order valence-electron chi connectivity index (χ2n) is 3.52. The van der Waals surface area contributed by atoms with E-state index < -0.39 is 0 Å². The maximum Gasteiger partial charge on any atom is 0.220 e. The van der Waals surface area contributed by atoms with Gasteiger partial charge in [0.1, 0.15) is 0 Å². The number of rotatable bonds is 3. The average molecular weight is 193 g/mol. The minimum atomic E-state index is 0. The van der Waals surface area contributed by atoms with Crippen LogP contribution in [0.25, 0.3) is 0 Å². The van der Waals surface area contributed by atoms with Crippen LogP contribution in [0.1, 0.15) is 20.3 Å². The Balaban J connectivity index is 0.00000121. The van der Waals surface area contributed by atoms with Crippen LogP contribution in [0.2, 0.25) is 0 Å². The first-order chi connectivity index (χ1) is 5.18. The fraction of sp³-hybridized carbons (Fsp3) is 0.875. The maximum atomic E-state index is 11.1. The molecular formula is C8H17ClN2O. The fourth-order valence-corrected chi connectivity index (χ4v) is 1.05. The predicted octanol–water partition coefficient (Wildman–Crippen LogP) is 0.542. The summed E-state index contributed by atoms with van der Waals surface area (Å²) in [5, 5.41) is 6.05. The summed E-state index contributed by atoms with van der Waals surface area (Å²) in [4.78, 5) is 11.1. The van der Waals surface area contributed by atoms with E-state index in [1.165, 1.54) is 0 Å². The van der Waals surface area contributed by atoms with E-state index in [2.05, 4.69) is 24.5 Å². The molecule has 1 rings (SSSR count). The van der Waals surface area contributed by atoms with Crippen molar-refractivity contribution in [3.05, 3.63) is 0 Å². The molecule has 1 aliphatic rings. The number of carbonyl (C=O) groups excluding carboxylic acids is 1. The van der Waals surface area contributed by atoms with E-state index in [1.54, 1.807) is 0 Å². The van der Waals surface area contributed by atoms with E-state index >= 15 is 0 Å². The molecule has 0 bridgehead atoms. The molecule has 0 aliphatic carbocycles. The number of nitrogens with one attached hydrogen (secondary N) is 2. The SMILES string of the molecule is CC(C)CC(=O)NC1CNC1.Cl. The van der Waals surface area contributed by atoms with E-state index in [1.807, 2.05) is 0 Å². The Labute approximate surface area is 79.7 Å². The largest absolute Gasteiger partial charge is 0.351 e. The van der Waals surface area contributed by atoms with E-state index in [4.69, 9.17) is 0 Å². The van der Waals surface area contributed by atoms with Gasteiger partial charge in [-0.1, -0.05) is 13.8 Å². The summed E-state index contributed by atoms with van der Waals surface area (Å²) < 4.78 is 0. The van der Waals surface area contributed by atoms with Gasteiger partial charge < -0.3 is 10.6 Å². The van der Waals surface area contributed by atoms with Crippen molar-refractivity contribution in [2.45, 2.75) is 26.3 Å². The van der Waals surface area contributed by atoms with Gasteiger partial charge in [0.05, 0.1) is 6.04 Å². The van der Waals surface area contributed by atoms with Crippen molar-refractivity contribution >= 4 is 18.3 Å². The molecule has 0 aromatic heterocycles. The molecule has 72 valence electrons. The zero-order valence-corrected chi connectivity index (χ0v) is 8.41. The summed E-state index contributed by atoms with van der Waals surface area (Å²) in [6, 6.07) is 0.390. The third kappa shape index (κ3) is 3.93. The number of halogens is 1. The highest BCUT2D eigenvalue weighted by atomic mass is 35.5. The molecular weight excluding hydrogens is 176 g/mol. The topological polar surface area (TPSA) is 41.1 Å². The van der Waals surface area contributed by atoms with Gasteiger partial charge in [-0.3, -0.25) is 4.79 Å². The van der Waals surface area contributed by atoms with Gasteiger partial charge in [-0.25, -0.2) is 0 Å². The van der Waals surface area contributed by atoms with Gasteiger partial charge in [-0.05, 0) is 5.92 Å². The van der Waals surface area contributed by atoms with Crippen molar-refractivity contribution in [3.63, 3.8) is 0 Å². The standard InChI is InChI=1S/C8H16N2O.ClH/c1-6(2)3-8(11)10-7-4-9-5-7;/h6-7,9H,3-5H2,1-2H3,(H,10,11);1H. The molecule has 0 saturated carbocycles. The van der Waals surface area contributed by atoms with Gasteiger partial charge >= 0.3 is 0 Å². The Morgan fingerprint density at radius 3 is 2.50 bits per heavy atom. The van der Waals surface area contributed by atoms with Crippen molar-refractivity contribution < 1.29 is 4.79 Å². The molecule has 0 radical (unpaired) electrons. The summed E-state index contributed by atoms with van der Waals surface area (Å²) in [6.07, 6.45) is 0.649. The minimum Gasteiger partial charge on any atom is -0.351 e. The molecule has 1 aliphatic heterocycles. The third-order valence-corrected chi connectivity index (χ3v) is 1.74. The first-order valence-electron chi connectivity index (χ1n) is 4.18. The van der Waals surface area contributed by atoms with Crippen molar-refractivity contribution in [2.75, 3.05) is 13.1 Å². The number of hydrogen-bond donors (Lipinski definition) is 2. The van der Waals surface area contributed by atoms with Crippen LogP contribution in [0.4, 0.5) is 0 Å². The Morgan fingerprint density at radius 2 is 2.17 bits per heavy atom. The van der Waals surface area contributed by atoms with E-state index in [-0.39, 0.29) is 18.3 Å². The second kappa shape index (κ2) is 5.38. The molecule has 0 atom stereocenters. The van der Waals surface area contributed by atoms with E-state index in [0.717, 1.165) is 13.1 Å². The summed E-state index contributed by atoms with van der Waals surface area (Å²) in [5.74, 6) is 0.648. The predicted molar refractivity (Wildman–Crippen MR) is 51.5 cm³/mol. The van der Waals surface area contributed by atoms with Crippen molar-refractivity contribution in [1.82, 2.24) is 10.6 Å². The van der Waals surface area contributed by atoms with E-state index in [0.29, 0.717) is 18.4 Å². The molecule has 1 amide bonds. The smallest absolute Gasteiger partial charge is 0.220 e. The monoisotopic (exact) mass is 192 g/mol. The van der Waals surface area contributed by atoms with Gasteiger partial charge in [-0.15, -0.1) is 12.4 Å². The highest BCUT2D eigenvalue weighted by Gasteiger charge is 2.18. The molecule has 0 unspecified atom stereocenters. The zero-order chi connectivity index (χ0) is 8.27. The molecule has 0 aromatic rings. The van der Waals surface area contributed by atoms with Gasteiger partial charge in [-0.2, -0.15) is 0 Å². The lowest BCUT2D eigenvalue weighted by Crippen LogP contribution is -2.57. The van der Waals surface area contributed by atoms with Crippen LogP contribution in [0.15, 0.2) is 0 Å². The maximum absolute atomic E-state index is 11.1. The average Bonchev–Trinajstić information content (AvgIpc) is 1.77. The van der Waals surface area contributed by atoms with Gasteiger partial charge in [0.15, 0.2) is 0 Å². The van der Waals surface area contributed by atoms with Crippen LogP contribution in [0.5, 0.6) is 0 Å². The first kappa shape index (κ1) is 11.7. The van der Waals surface area contributed by atoms with Crippen LogP contribution < -0.4 is 10.6 Å². The lowest BCUT2D eigenvalue weighted by atomic mass is 10.1. The summed E-state index contributed by atoms with van der Waals surface area (Å²) in [7, 11) is 0. The van der Waals surface area contributed by atoms with Gasteiger partial charge in [0, 0.05) is 19.5 Å². The van der Waals surface area contributed by atoms with Crippen molar-refractivity contribution in [2.24, 2.45) is 5.92 Å². The first-order valence-corrected chi connectivity index (χ1v) is 4.18. The molecule has 4 heteroatoms. The quantitative estimate of drug-likeness (QED) is 0.686. The molecule has 12 heavy (non-hydrogen) atoms. The van der Waals surface area contributed by atoms with Crippen LogP contribution in [0, 0.1) is 5.92 Å². The fourth-order valence-electron chi connectivity index (χ4n) is 1.05. The number of hydrogen-bond acceptors (Lipinski definition) is 2. The summed E-state index contributed by atoms with van der Waals surface area (Å²) >= 11 is 0. The summed E-state index contributed by atoms with van der Waals surface area (Å²) in [6.45, 7) is 5.98. The normalized spacial score (nSPS) is 16.6. The van der Waals surface area contributed by atoms with Gasteiger partial charge in [0.2, 0.25) is 5.91 Å². The Hall–Kier alpha value is -0.280. The minimum absolute atomic E-state index is 0. The van der Waals surface area contributed by atoms with E-state index in [9.17, 15) is 4.79 Å². The molecule has 1 saturated heterocycles. The van der Waals surface area contributed by atoms with Crippen LogP contribution in [-0.2, 0) is 4.79 Å². The molecule has 2 N–H and O–H groups in total. The molecule has 1 fully saturated rings. The Kier molecular flexibility index (Phi) is 5.25. The Morgan fingerprint density at radius 1 is 1.58 bits per heavy atom. The Bertz CT molecular complexity index is 146. The number of amides is 1. The van der Waals surface area contributed by atoms with Crippen molar-refractivity contribution in [1.29, 1.82) is 0 Å². The number of carbonyl (C=O) groups is 1. The van der Waals surface area contributed by atoms with Crippen LogP contribution in [0.3, 0.4) is 0 Å². The molecule has 0 aromatic carbocycles. The van der Waals surface area contributed by atoms with Crippen LogP contribution >= 0.6 is 12.4 Å². The lowest BCUT2D eigenvalue weighted by molar-refractivity contribution is -0.122. The molecule has 0 spiro atoms.